The number of anilines is 1. The zero-order chi connectivity index (χ0) is 15.2. The van der Waals surface area contributed by atoms with E-state index in [0.29, 0.717) is 19.4 Å². The molecule has 0 aliphatic heterocycles. The van der Waals surface area contributed by atoms with Crippen LogP contribution in [0.1, 0.15) is 25.6 Å². The zero-order valence-corrected chi connectivity index (χ0v) is 12.2. The second kappa shape index (κ2) is 6.83. The average Bonchev–Trinajstić information content (AvgIpc) is 2.77. The molecule has 0 amide bonds. The molecule has 0 fully saturated rings. The van der Waals surface area contributed by atoms with E-state index in [1.807, 2.05) is 29.8 Å². The summed E-state index contributed by atoms with van der Waals surface area (Å²) in [5.74, 6) is 0.758. The van der Waals surface area contributed by atoms with Crippen LogP contribution < -0.4 is 5.43 Å². The van der Waals surface area contributed by atoms with E-state index >= 15 is 0 Å². The van der Waals surface area contributed by atoms with Gasteiger partial charge in [-0.05, 0) is 31.5 Å². The summed E-state index contributed by atoms with van der Waals surface area (Å²) >= 11 is 0. The number of nitrogens with one attached hydrogen (secondary N) is 2. The summed E-state index contributed by atoms with van der Waals surface area (Å²) < 4.78 is 6.90. The van der Waals surface area contributed by atoms with Crippen molar-refractivity contribution in [3.05, 3.63) is 24.0 Å². The summed E-state index contributed by atoms with van der Waals surface area (Å²) in [6.07, 6.45) is 1.83. The van der Waals surface area contributed by atoms with Crippen molar-refractivity contribution in [2.24, 2.45) is 12.3 Å². The third-order valence-corrected chi connectivity index (χ3v) is 3.25. The van der Waals surface area contributed by atoms with Crippen LogP contribution in [0.2, 0.25) is 0 Å². The lowest BCUT2D eigenvalue weighted by molar-refractivity contribution is -0.143. The Kier molecular flexibility index (Phi) is 4.86. The normalized spacial score (nSPS) is 10.6. The van der Waals surface area contributed by atoms with Gasteiger partial charge in [-0.3, -0.25) is 10.2 Å². The summed E-state index contributed by atoms with van der Waals surface area (Å²) in [6, 6.07) is 5.61. The smallest absolute Gasteiger partial charge is 0.305 e. The molecule has 2 N–H and O–H groups in total. The van der Waals surface area contributed by atoms with Gasteiger partial charge in [-0.2, -0.15) is 5.53 Å². The van der Waals surface area contributed by atoms with Crippen molar-refractivity contribution in [3.63, 3.8) is 0 Å². The molecule has 2 aromatic rings. The van der Waals surface area contributed by atoms with Crippen LogP contribution in [0.15, 0.2) is 23.4 Å². The molecule has 0 saturated heterocycles. The highest BCUT2D eigenvalue weighted by molar-refractivity contribution is 5.80. The largest absolute Gasteiger partial charge is 0.466 e. The van der Waals surface area contributed by atoms with Gasteiger partial charge in [0, 0.05) is 19.9 Å². The van der Waals surface area contributed by atoms with Gasteiger partial charge in [0.2, 0.25) is 0 Å². The van der Waals surface area contributed by atoms with E-state index in [2.05, 4.69) is 15.6 Å². The standard InChI is InChI=1S/C14H19N5O2/c1-3-21-14(20)6-4-5-13-16-11-8-7-10(17-18-15)9-12(11)19(13)2/h7-9H,3-6H2,1-2H3,(H2,15,17). The molecule has 21 heavy (non-hydrogen) atoms. The number of fused-ring (bicyclic) bond motifs is 1. The molecule has 7 heteroatoms. The van der Waals surface area contributed by atoms with Crippen LogP contribution in [-0.2, 0) is 23.0 Å². The minimum atomic E-state index is -0.167. The Morgan fingerprint density at radius 2 is 2.33 bits per heavy atom. The highest BCUT2D eigenvalue weighted by Gasteiger charge is 2.09. The number of hydrogen-bond donors (Lipinski definition) is 2. The van der Waals surface area contributed by atoms with Crippen LogP contribution in [0.4, 0.5) is 5.69 Å². The Hall–Kier alpha value is -2.44. The number of benzene rings is 1. The highest BCUT2D eigenvalue weighted by Crippen LogP contribution is 2.20. The van der Waals surface area contributed by atoms with Crippen LogP contribution in [0.25, 0.3) is 11.0 Å². The van der Waals surface area contributed by atoms with Crippen LogP contribution in [-0.4, -0.2) is 22.1 Å². The molecule has 1 heterocycles. The molecule has 0 aliphatic rings. The number of hydrogen-bond acceptors (Lipinski definition) is 5. The number of rotatable bonds is 7. The topological polar surface area (TPSA) is 92.4 Å². The Morgan fingerprint density at radius 3 is 3.05 bits per heavy atom. The van der Waals surface area contributed by atoms with Gasteiger partial charge in [-0.1, -0.05) is 5.22 Å². The number of carbonyl (C=O) groups excluding carboxylic acids is 1. The van der Waals surface area contributed by atoms with E-state index in [4.69, 9.17) is 10.3 Å². The molecule has 2 rings (SSSR count). The number of nitrogens with zero attached hydrogens (tertiary/aromatic N) is 3. The molecule has 0 radical (unpaired) electrons. The first-order valence-corrected chi connectivity index (χ1v) is 6.89. The molecule has 1 aromatic heterocycles. The predicted molar refractivity (Wildman–Crippen MR) is 79.1 cm³/mol. The number of esters is 1. The van der Waals surface area contributed by atoms with Gasteiger partial charge in [-0.15, -0.1) is 0 Å². The molecule has 0 atom stereocenters. The molecule has 0 saturated carbocycles. The van der Waals surface area contributed by atoms with Crippen LogP contribution in [0.3, 0.4) is 0 Å². The third-order valence-electron chi connectivity index (χ3n) is 3.25. The average molecular weight is 289 g/mol. The minimum Gasteiger partial charge on any atom is -0.466 e. The lowest BCUT2D eigenvalue weighted by Gasteiger charge is -2.03. The van der Waals surface area contributed by atoms with Gasteiger partial charge in [0.05, 0.1) is 23.3 Å². The van der Waals surface area contributed by atoms with Crippen LogP contribution in [0, 0.1) is 5.53 Å². The molecular formula is C14H19N5O2. The van der Waals surface area contributed by atoms with E-state index in [1.165, 1.54) is 0 Å². The SMILES string of the molecule is CCOC(=O)CCCc1nc2ccc(NN=N)cc2n1C. The summed E-state index contributed by atoms with van der Waals surface area (Å²) in [6.45, 7) is 2.22. The van der Waals surface area contributed by atoms with Crippen molar-refractivity contribution in [1.29, 1.82) is 5.53 Å². The van der Waals surface area contributed by atoms with E-state index in [1.54, 1.807) is 6.92 Å². The van der Waals surface area contributed by atoms with Crippen molar-refractivity contribution in [1.82, 2.24) is 9.55 Å². The Balaban J connectivity index is 2.08. The van der Waals surface area contributed by atoms with E-state index < -0.39 is 0 Å². The molecule has 7 nitrogen and oxygen atoms in total. The molecule has 1 aromatic carbocycles. The first-order valence-electron chi connectivity index (χ1n) is 6.89. The predicted octanol–water partition coefficient (Wildman–Crippen LogP) is 2.82. The van der Waals surface area contributed by atoms with Crippen LogP contribution >= 0.6 is 0 Å². The fourth-order valence-electron chi connectivity index (χ4n) is 2.22. The first-order chi connectivity index (χ1) is 10.2. The Morgan fingerprint density at radius 1 is 1.52 bits per heavy atom. The quantitative estimate of drug-likeness (QED) is 0.465. The molecule has 112 valence electrons. The van der Waals surface area contributed by atoms with Crippen molar-refractivity contribution in [2.45, 2.75) is 26.2 Å². The molecule has 0 aliphatic carbocycles. The molecule has 0 bridgehead atoms. The maximum Gasteiger partial charge on any atom is 0.305 e. The number of imidazole rings is 1. The maximum atomic E-state index is 11.3. The van der Waals surface area contributed by atoms with E-state index in [-0.39, 0.29) is 5.97 Å². The number of ether oxygens (including phenoxy) is 1. The van der Waals surface area contributed by atoms with Crippen molar-refractivity contribution >= 4 is 22.7 Å². The third kappa shape index (κ3) is 3.56. The second-order valence-corrected chi connectivity index (χ2v) is 4.67. The summed E-state index contributed by atoms with van der Waals surface area (Å²) in [5.41, 5.74) is 12.0. The number of carbonyl (C=O) groups is 1. The van der Waals surface area contributed by atoms with Crippen LogP contribution in [0.5, 0.6) is 0 Å². The highest BCUT2D eigenvalue weighted by atomic mass is 16.5. The second-order valence-electron chi connectivity index (χ2n) is 4.67. The van der Waals surface area contributed by atoms with Gasteiger partial charge in [0.25, 0.3) is 0 Å². The molecular weight excluding hydrogens is 270 g/mol. The Bertz CT molecular complexity index is 650. The minimum absolute atomic E-state index is 0.167. The van der Waals surface area contributed by atoms with Gasteiger partial charge in [0.15, 0.2) is 0 Å². The molecule has 0 spiro atoms. The van der Waals surface area contributed by atoms with Crippen molar-refractivity contribution < 1.29 is 9.53 Å². The lowest BCUT2D eigenvalue weighted by Crippen LogP contribution is -2.05. The fraction of sp³-hybridized carbons (Fsp3) is 0.429. The monoisotopic (exact) mass is 289 g/mol. The fourth-order valence-corrected chi connectivity index (χ4v) is 2.22. The van der Waals surface area contributed by atoms with Gasteiger partial charge in [0.1, 0.15) is 5.82 Å². The van der Waals surface area contributed by atoms with Crippen molar-refractivity contribution in [2.75, 3.05) is 12.0 Å². The number of aryl methyl sites for hydroxylation is 2. The lowest BCUT2D eigenvalue weighted by atomic mass is 10.2. The Labute approximate surface area is 122 Å². The van der Waals surface area contributed by atoms with Crippen molar-refractivity contribution in [3.8, 4) is 0 Å². The maximum absolute atomic E-state index is 11.3. The van der Waals surface area contributed by atoms with E-state index in [0.717, 1.165) is 29.0 Å². The first kappa shape index (κ1) is 15.0. The van der Waals surface area contributed by atoms with Gasteiger partial charge >= 0.3 is 5.97 Å². The zero-order valence-electron chi connectivity index (χ0n) is 12.2. The van der Waals surface area contributed by atoms with Gasteiger partial charge < -0.3 is 9.30 Å². The number of aromatic nitrogens is 2. The molecule has 0 unspecified atom stereocenters. The van der Waals surface area contributed by atoms with Gasteiger partial charge in [-0.25, -0.2) is 4.98 Å². The summed E-state index contributed by atoms with van der Waals surface area (Å²) in [5, 5.41) is 3.15. The summed E-state index contributed by atoms with van der Waals surface area (Å²) in [4.78, 5) is 15.9. The summed E-state index contributed by atoms with van der Waals surface area (Å²) in [7, 11) is 1.94. The van der Waals surface area contributed by atoms with E-state index in [9.17, 15) is 4.79 Å².